The Morgan fingerprint density at radius 1 is 1.07 bits per heavy atom. The van der Waals surface area contributed by atoms with Gasteiger partial charge in [0, 0.05) is 37.5 Å². The lowest BCUT2D eigenvalue weighted by Crippen LogP contribution is -2.51. The molecule has 0 unspecified atom stereocenters. The zero-order chi connectivity index (χ0) is 21.1. The molecule has 0 saturated carbocycles. The van der Waals surface area contributed by atoms with Crippen LogP contribution in [0, 0.1) is 5.92 Å². The first-order chi connectivity index (χ1) is 13.1. The van der Waals surface area contributed by atoms with Crippen LogP contribution >= 0.6 is 0 Å². The summed E-state index contributed by atoms with van der Waals surface area (Å²) in [5.41, 5.74) is 0.872. The Hall–Kier alpha value is -2.61. The van der Waals surface area contributed by atoms with E-state index in [4.69, 9.17) is 0 Å². The number of nitrogens with zero attached hydrogens (tertiary/aromatic N) is 1. The molecule has 2 atom stereocenters. The van der Waals surface area contributed by atoms with E-state index < -0.39 is 27.9 Å². The van der Waals surface area contributed by atoms with Crippen molar-refractivity contribution in [3.63, 3.8) is 0 Å². The van der Waals surface area contributed by atoms with Crippen LogP contribution in [0.15, 0.2) is 41.3 Å². The standard InChI is InChI=1S/C20H27N3O4S/c1-6-13(2)19(21-14(3)24)20(25)22-28(26,27)18-12-8-9-15-16(18)10-7-11-17(15)23(4)5/h7-13,19H,6H2,1-5H3,(H,21,24)(H,22,25)/t13-,19-/m0/s1. The highest BCUT2D eigenvalue weighted by Crippen LogP contribution is 2.30. The second-order valence-electron chi connectivity index (χ2n) is 7.06. The third-order valence-electron chi connectivity index (χ3n) is 4.72. The van der Waals surface area contributed by atoms with Crippen LogP contribution < -0.4 is 14.9 Å². The normalized spacial score (nSPS) is 13.6. The molecule has 2 aromatic carbocycles. The highest BCUT2D eigenvalue weighted by molar-refractivity contribution is 7.90. The molecule has 0 fully saturated rings. The van der Waals surface area contributed by atoms with Crippen molar-refractivity contribution in [3.05, 3.63) is 36.4 Å². The molecule has 0 bridgehead atoms. The Balaban J connectivity index is 2.46. The third kappa shape index (κ3) is 4.62. The van der Waals surface area contributed by atoms with Gasteiger partial charge in [-0.05, 0) is 18.1 Å². The first kappa shape index (κ1) is 21.7. The van der Waals surface area contributed by atoms with Crippen molar-refractivity contribution in [1.29, 1.82) is 0 Å². The molecule has 0 radical (unpaired) electrons. The van der Waals surface area contributed by atoms with E-state index in [2.05, 4.69) is 10.0 Å². The summed E-state index contributed by atoms with van der Waals surface area (Å²) >= 11 is 0. The summed E-state index contributed by atoms with van der Waals surface area (Å²) in [4.78, 5) is 26.0. The van der Waals surface area contributed by atoms with Crippen molar-refractivity contribution in [1.82, 2.24) is 10.0 Å². The van der Waals surface area contributed by atoms with Crippen molar-refractivity contribution in [3.8, 4) is 0 Å². The van der Waals surface area contributed by atoms with Crippen LogP contribution in [0.4, 0.5) is 5.69 Å². The molecule has 7 nitrogen and oxygen atoms in total. The zero-order valence-electron chi connectivity index (χ0n) is 16.8. The van der Waals surface area contributed by atoms with Gasteiger partial charge in [-0.3, -0.25) is 9.59 Å². The number of carbonyl (C=O) groups excluding carboxylic acids is 2. The van der Waals surface area contributed by atoms with E-state index in [0.29, 0.717) is 11.8 Å². The minimum absolute atomic E-state index is 0.0211. The van der Waals surface area contributed by atoms with Gasteiger partial charge in [-0.25, -0.2) is 13.1 Å². The van der Waals surface area contributed by atoms with Crippen molar-refractivity contribution in [2.24, 2.45) is 5.92 Å². The largest absolute Gasteiger partial charge is 0.377 e. The van der Waals surface area contributed by atoms with Gasteiger partial charge in [-0.15, -0.1) is 0 Å². The highest BCUT2D eigenvalue weighted by atomic mass is 32.2. The molecule has 0 aromatic heterocycles. The van der Waals surface area contributed by atoms with Gasteiger partial charge in [0.25, 0.3) is 15.9 Å². The van der Waals surface area contributed by atoms with Gasteiger partial charge in [0.2, 0.25) is 5.91 Å². The second-order valence-corrected chi connectivity index (χ2v) is 8.71. The monoisotopic (exact) mass is 405 g/mol. The maximum Gasteiger partial charge on any atom is 0.264 e. The molecule has 0 heterocycles. The Bertz CT molecular complexity index is 986. The molecule has 8 heteroatoms. The zero-order valence-corrected chi connectivity index (χ0v) is 17.6. The summed E-state index contributed by atoms with van der Waals surface area (Å²) in [5, 5.41) is 3.83. The van der Waals surface area contributed by atoms with E-state index in [1.54, 1.807) is 25.1 Å². The second kappa shape index (κ2) is 8.60. The molecule has 0 saturated heterocycles. The van der Waals surface area contributed by atoms with Gasteiger partial charge in [0.05, 0.1) is 4.90 Å². The molecular formula is C20H27N3O4S. The Kier molecular flexibility index (Phi) is 6.66. The van der Waals surface area contributed by atoms with Gasteiger partial charge in [0.15, 0.2) is 0 Å². The van der Waals surface area contributed by atoms with E-state index in [1.165, 1.54) is 13.0 Å². The molecule has 152 valence electrons. The molecule has 0 aliphatic heterocycles. The molecule has 0 aliphatic carbocycles. The number of nitrogens with one attached hydrogen (secondary N) is 2. The van der Waals surface area contributed by atoms with Crippen LogP contribution in [0.2, 0.25) is 0 Å². The van der Waals surface area contributed by atoms with E-state index in [0.717, 1.165) is 11.1 Å². The van der Waals surface area contributed by atoms with Crippen LogP contribution in [-0.4, -0.2) is 40.4 Å². The van der Waals surface area contributed by atoms with Crippen LogP contribution in [0.25, 0.3) is 10.8 Å². The van der Waals surface area contributed by atoms with Crippen molar-refractivity contribution >= 4 is 38.3 Å². The van der Waals surface area contributed by atoms with Gasteiger partial charge < -0.3 is 10.2 Å². The molecule has 2 amide bonds. The quantitative estimate of drug-likeness (QED) is 0.737. The lowest BCUT2D eigenvalue weighted by Gasteiger charge is -2.23. The number of fused-ring (bicyclic) bond motifs is 1. The molecule has 28 heavy (non-hydrogen) atoms. The number of benzene rings is 2. The number of sulfonamides is 1. The molecule has 0 spiro atoms. The van der Waals surface area contributed by atoms with Crippen molar-refractivity contribution in [2.45, 2.75) is 38.1 Å². The van der Waals surface area contributed by atoms with E-state index in [-0.39, 0.29) is 10.8 Å². The van der Waals surface area contributed by atoms with Crippen LogP contribution in [0.1, 0.15) is 27.2 Å². The van der Waals surface area contributed by atoms with Crippen molar-refractivity contribution in [2.75, 3.05) is 19.0 Å². The Morgan fingerprint density at radius 3 is 2.25 bits per heavy atom. The van der Waals surface area contributed by atoms with Crippen LogP contribution in [0.3, 0.4) is 0 Å². The van der Waals surface area contributed by atoms with E-state index >= 15 is 0 Å². The number of carbonyl (C=O) groups is 2. The predicted molar refractivity (Wildman–Crippen MR) is 111 cm³/mol. The average Bonchev–Trinajstić information content (AvgIpc) is 2.63. The smallest absolute Gasteiger partial charge is 0.264 e. The lowest BCUT2D eigenvalue weighted by molar-refractivity contribution is -0.128. The van der Waals surface area contributed by atoms with E-state index in [1.807, 2.05) is 38.1 Å². The van der Waals surface area contributed by atoms with Gasteiger partial charge >= 0.3 is 0 Å². The Morgan fingerprint density at radius 2 is 1.68 bits per heavy atom. The summed E-state index contributed by atoms with van der Waals surface area (Å²) in [5.74, 6) is -1.35. The topological polar surface area (TPSA) is 95.6 Å². The number of anilines is 1. The summed E-state index contributed by atoms with van der Waals surface area (Å²) < 4.78 is 28.1. The average molecular weight is 406 g/mol. The Labute approximate surface area is 166 Å². The predicted octanol–water partition coefficient (Wildman–Crippen LogP) is 2.26. The van der Waals surface area contributed by atoms with Gasteiger partial charge in [-0.2, -0.15) is 0 Å². The lowest BCUT2D eigenvalue weighted by atomic mass is 9.99. The first-order valence-electron chi connectivity index (χ1n) is 9.11. The summed E-state index contributed by atoms with van der Waals surface area (Å²) in [6, 6.07) is 9.41. The number of amides is 2. The fourth-order valence-electron chi connectivity index (χ4n) is 3.06. The first-order valence-corrected chi connectivity index (χ1v) is 10.6. The number of hydrogen-bond acceptors (Lipinski definition) is 5. The molecule has 2 N–H and O–H groups in total. The van der Waals surface area contributed by atoms with Gasteiger partial charge in [0.1, 0.15) is 6.04 Å². The third-order valence-corrected chi connectivity index (χ3v) is 6.12. The summed E-state index contributed by atoms with van der Waals surface area (Å²) in [6.07, 6.45) is 0.610. The maximum absolute atomic E-state index is 13.0. The molecule has 2 rings (SSSR count). The molecule has 2 aromatic rings. The molecular weight excluding hydrogens is 378 g/mol. The number of rotatable bonds is 7. The van der Waals surface area contributed by atoms with Crippen molar-refractivity contribution < 1.29 is 18.0 Å². The number of hydrogen-bond donors (Lipinski definition) is 2. The van der Waals surface area contributed by atoms with Crippen LogP contribution in [-0.2, 0) is 19.6 Å². The minimum Gasteiger partial charge on any atom is -0.377 e. The molecule has 0 aliphatic rings. The highest BCUT2D eigenvalue weighted by Gasteiger charge is 2.29. The SMILES string of the molecule is CC[C@H](C)[C@H](NC(C)=O)C(=O)NS(=O)(=O)c1cccc2c(N(C)C)cccc12. The summed E-state index contributed by atoms with van der Waals surface area (Å²) in [6.45, 7) is 4.95. The van der Waals surface area contributed by atoms with E-state index in [9.17, 15) is 18.0 Å². The minimum atomic E-state index is -4.12. The maximum atomic E-state index is 13.0. The fraction of sp³-hybridized carbons (Fsp3) is 0.400. The fourth-order valence-corrected chi connectivity index (χ4v) is 4.29. The summed E-state index contributed by atoms with van der Waals surface area (Å²) in [7, 11) is -0.367. The van der Waals surface area contributed by atoms with Gasteiger partial charge in [-0.1, -0.05) is 44.5 Å². The van der Waals surface area contributed by atoms with Crippen LogP contribution in [0.5, 0.6) is 0 Å².